The van der Waals surface area contributed by atoms with E-state index < -0.39 is 11.3 Å². The van der Waals surface area contributed by atoms with E-state index >= 15 is 0 Å². The Morgan fingerprint density at radius 3 is 2.51 bits per heavy atom. The number of nitrogens with one attached hydrogen (secondary N) is 2. The second-order valence-corrected chi connectivity index (χ2v) is 9.39. The number of azide groups is 1. The standard InChI is InChI=1S/C25H29N9O/c1-2-3-16-25(30-31-26)29-24(14-6-7-15-24)23(35)34(25)17-18-10-12-19(13-11-18)20-8-4-5-9-21(20)22-27-32-33-28-22/h4-5,8-13,29H,2-3,6-7,14-17H2,1H3,(H,27,28,32,33). The maximum atomic E-state index is 13.7. The van der Waals surface area contributed by atoms with Crippen molar-refractivity contribution >= 4 is 5.91 Å². The fourth-order valence-electron chi connectivity index (χ4n) is 5.45. The summed E-state index contributed by atoms with van der Waals surface area (Å²) in [6.07, 6.45) is 5.97. The number of benzene rings is 2. The fourth-order valence-corrected chi connectivity index (χ4v) is 5.45. The number of hydrogen-bond acceptors (Lipinski definition) is 6. The molecule has 10 heteroatoms. The molecule has 1 saturated heterocycles. The van der Waals surface area contributed by atoms with Crippen LogP contribution in [0.25, 0.3) is 33.0 Å². The predicted octanol–water partition coefficient (Wildman–Crippen LogP) is 4.93. The molecule has 1 saturated carbocycles. The largest absolute Gasteiger partial charge is 0.313 e. The summed E-state index contributed by atoms with van der Waals surface area (Å²) in [7, 11) is 0. The van der Waals surface area contributed by atoms with Gasteiger partial charge in [-0.3, -0.25) is 10.1 Å². The quantitative estimate of drug-likeness (QED) is 0.273. The molecule has 5 rings (SSSR count). The summed E-state index contributed by atoms with van der Waals surface area (Å²) >= 11 is 0. The topological polar surface area (TPSA) is 136 Å². The Kier molecular flexibility index (Phi) is 6.23. The van der Waals surface area contributed by atoms with Crippen LogP contribution in [0.15, 0.2) is 53.6 Å². The molecule has 1 amide bonds. The lowest BCUT2D eigenvalue weighted by atomic mass is 9.97. The third kappa shape index (κ3) is 4.15. The second kappa shape index (κ2) is 9.48. The van der Waals surface area contributed by atoms with Gasteiger partial charge < -0.3 is 4.90 Å². The molecular weight excluding hydrogens is 442 g/mol. The zero-order valence-corrected chi connectivity index (χ0v) is 19.8. The predicted molar refractivity (Wildman–Crippen MR) is 131 cm³/mol. The van der Waals surface area contributed by atoms with Crippen molar-refractivity contribution in [2.45, 2.75) is 69.7 Å². The third-order valence-electron chi connectivity index (χ3n) is 7.21. The van der Waals surface area contributed by atoms with E-state index in [1.165, 1.54) is 0 Å². The number of amides is 1. The molecule has 1 atom stereocenters. The minimum Gasteiger partial charge on any atom is -0.313 e. The summed E-state index contributed by atoms with van der Waals surface area (Å²) < 4.78 is 0. The monoisotopic (exact) mass is 471 g/mol. The van der Waals surface area contributed by atoms with Crippen LogP contribution in [0.1, 0.15) is 57.4 Å². The molecule has 180 valence electrons. The van der Waals surface area contributed by atoms with Crippen molar-refractivity contribution in [3.63, 3.8) is 0 Å². The van der Waals surface area contributed by atoms with E-state index in [2.05, 4.69) is 42.9 Å². The first-order chi connectivity index (χ1) is 17.1. The lowest BCUT2D eigenvalue weighted by Gasteiger charge is -2.34. The summed E-state index contributed by atoms with van der Waals surface area (Å²) in [6, 6.07) is 16.0. The Bertz CT molecular complexity index is 1230. The van der Waals surface area contributed by atoms with Crippen LogP contribution in [0.4, 0.5) is 0 Å². The zero-order valence-electron chi connectivity index (χ0n) is 19.8. The molecule has 1 aliphatic heterocycles. The van der Waals surface area contributed by atoms with Gasteiger partial charge in [-0.15, -0.1) is 10.2 Å². The molecule has 1 aromatic heterocycles. The first kappa shape index (κ1) is 23.0. The number of aromatic amines is 1. The Balaban J connectivity index is 1.45. The van der Waals surface area contributed by atoms with Crippen LogP contribution in [-0.4, -0.2) is 42.8 Å². The summed E-state index contributed by atoms with van der Waals surface area (Å²) in [5.74, 6) is -0.448. The first-order valence-electron chi connectivity index (χ1n) is 12.2. The molecule has 2 fully saturated rings. The van der Waals surface area contributed by atoms with Crippen molar-refractivity contribution in [1.82, 2.24) is 30.8 Å². The highest BCUT2D eigenvalue weighted by molar-refractivity contribution is 5.90. The van der Waals surface area contributed by atoms with Gasteiger partial charge in [-0.05, 0) is 58.2 Å². The average Bonchev–Trinajstić information content (AvgIpc) is 3.63. The Labute approximate surface area is 203 Å². The van der Waals surface area contributed by atoms with Crippen LogP contribution in [-0.2, 0) is 11.3 Å². The van der Waals surface area contributed by atoms with Crippen molar-refractivity contribution in [3.8, 4) is 22.5 Å². The normalized spacial score (nSPS) is 20.9. The van der Waals surface area contributed by atoms with Gasteiger partial charge in [-0.1, -0.05) is 74.7 Å². The molecule has 0 bridgehead atoms. The number of nitrogens with zero attached hydrogens (tertiary/aromatic N) is 7. The number of tetrazole rings is 1. The number of carbonyl (C=O) groups is 1. The van der Waals surface area contributed by atoms with Gasteiger partial charge in [0.2, 0.25) is 11.7 Å². The van der Waals surface area contributed by atoms with Crippen molar-refractivity contribution in [1.29, 1.82) is 0 Å². The number of unbranched alkanes of at least 4 members (excludes halogenated alkanes) is 1. The molecule has 35 heavy (non-hydrogen) atoms. The fraction of sp³-hybridized carbons (Fsp3) is 0.440. The molecule has 10 nitrogen and oxygen atoms in total. The number of hydrogen-bond donors (Lipinski definition) is 2. The van der Waals surface area contributed by atoms with E-state index in [0.717, 1.165) is 60.8 Å². The summed E-state index contributed by atoms with van der Waals surface area (Å²) in [5.41, 5.74) is 12.7. The van der Waals surface area contributed by atoms with Crippen molar-refractivity contribution < 1.29 is 4.79 Å². The molecule has 2 aromatic carbocycles. The van der Waals surface area contributed by atoms with Gasteiger partial charge in [0, 0.05) is 17.0 Å². The summed E-state index contributed by atoms with van der Waals surface area (Å²) in [5, 5.41) is 22.2. The van der Waals surface area contributed by atoms with Gasteiger partial charge in [0.25, 0.3) is 0 Å². The van der Waals surface area contributed by atoms with Gasteiger partial charge in [0.15, 0.2) is 5.79 Å². The van der Waals surface area contributed by atoms with Gasteiger partial charge in [0.1, 0.15) is 0 Å². The average molecular weight is 472 g/mol. The first-order valence-corrected chi connectivity index (χ1v) is 12.2. The molecule has 1 spiro atoms. The maximum absolute atomic E-state index is 13.7. The SMILES string of the molecule is CCCCC1(N=[N+]=[N-])NC2(CCCC2)C(=O)N1Cc1ccc(-c2ccccc2-c2nn[nH]n2)cc1. The van der Waals surface area contributed by atoms with Crippen LogP contribution < -0.4 is 5.32 Å². The molecule has 2 aliphatic rings. The van der Waals surface area contributed by atoms with E-state index in [0.29, 0.717) is 18.8 Å². The molecule has 0 radical (unpaired) electrons. The highest BCUT2D eigenvalue weighted by atomic mass is 16.2. The maximum Gasteiger partial charge on any atom is 0.244 e. The highest BCUT2D eigenvalue weighted by Crippen LogP contribution is 2.43. The van der Waals surface area contributed by atoms with Gasteiger partial charge >= 0.3 is 0 Å². The number of aromatic nitrogens is 4. The number of rotatable bonds is 8. The Morgan fingerprint density at radius 2 is 1.86 bits per heavy atom. The van der Waals surface area contributed by atoms with Crippen LogP contribution in [0.3, 0.4) is 0 Å². The van der Waals surface area contributed by atoms with E-state index in [1.54, 1.807) is 4.90 Å². The molecule has 3 aromatic rings. The van der Waals surface area contributed by atoms with Crippen LogP contribution in [0, 0.1) is 0 Å². The minimum atomic E-state index is -1.03. The molecule has 2 N–H and O–H groups in total. The zero-order chi connectivity index (χ0) is 24.3. The highest BCUT2D eigenvalue weighted by Gasteiger charge is 2.58. The second-order valence-electron chi connectivity index (χ2n) is 9.39. The van der Waals surface area contributed by atoms with E-state index in [-0.39, 0.29) is 5.91 Å². The lowest BCUT2D eigenvalue weighted by molar-refractivity contribution is -0.135. The van der Waals surface area contributed by atoms with E-state index in [9.17, 15) is 10.3 Å². The Morgan fingerprint density at radius 1 is 1.11 bits per heavy atom. The van der Waals surface area contributed by atoms with E-state index in [1.807, 2.05) is 48.5 Å². The van der Waals surface area contributed by atoms with Gasteiger partial charge in [-0.2, -0.15) is 5.21 Å². The minimum absolute atomic E-state index is 0.0463. The van der Waals surface area contributed by atoms with Crippen LogP contribution in [0.5, 0.6) is 0 Å². The van der Waals surface area contributed by atoms with Gasteiger partial charge in [0.05, 0.1) is 5.54 Å². The van der Waals surface area contributed by atoms with Crippen LogP contribution >= 0.6 is 0 Å². The summed E-state index contributed by atoms with van der Waals surface area (Å²) in [6.45, 7) is 2.48. The molecular formula is C25H29N9O. The van der Waals surface area contributed by atoms with Crippen molar-refractivity contribution in [3.05, 3.63) is 64.5 Å². The molecule has 1 aliphatic carbocycles. The van der Waals surface area contributed by atoms with E-state index in [4.69, 9.17) is 0 Å². The molecule has 2 heterocycles. The Hall–Kier alpha value is -3.75. The molecule has 1 unspecified atom stereocenters. The summed E-state index contributed by atoms with van der Waals surface area (Å²) in [4.78, 5) is 18.6. The van der Waals surface area contributed by atoms with Crippen LogP contribution in [0.2, 0.25) is 0 Å². The third-order valence-corrected chi connectivity index (χ3v) is 7.21. The smallest absolute Gasteiger partial charge is 0.244 e. The van der Waals surface area contributed by atoms with Crippen molar-refractivity contribution in [2.24, 2.45) is 5.11 Å². The number of H-pyrrole nitrogens is 1. The number of carbonyl (C=O) groups excluding carboxylic acids is 1. The van der Waals surface area contributed by atoms with Crippen molar-refractivity contribution in [2.75, 3.05) is 0 Å². The lowest BCUT2D eigenvalue weighted by Crippen LogP contribution is -2.52. The van der Waals surface area contributed by atoms with Gasteiger partial charge in [-0.25, -0.2) is 0 Å².